The molecule has 6 nitrogen and oxygen atoms in total. The summed E-state index contributed by atoms with van der Waals surface area (Å²) in [6.45, 7) is 3.16. The number of rotatable bonds is 3. The first-order valence-electron chi connectivity index (χ1n) is 7.52. The number of carbonyl (C=O) groups excluding carboxylic acids is 1. The van der Waals surface area contributed by atoms with Gasteiger partial charge in [-0.3, -0.25) is 9.59 Å². The average Bonchev–Trinajstić information content (AvgIpc) is 2.51. The summed E-state index contributed by atoms with van der Waals surface area (Å²) in [5.41, 5.74) is 11.9. The van der Waals surface area contributed by atoms with Gasteiger partial charge in [-0.1, -0.05) is 12.1 Å². The lowest BCUT2D eigenvalue weighted by atomic mass is 10.1. The van der Waals surface area contributed by atoms with Crippen molar-refractivity contribution in [2.45, 2.75) is 19.4 Å². The highest BCUT2D eigenvalue weighted by molar-refractivity contribution is 6.00. The number of carbonyl (C=O) groups is 1. The lowest BCUT2D eigenvalue weighted by Gasteiger charge is -2.23. The third kappa shape index (κ3) is 2.36. The van der Waals surface area contributed by atoms with Crippen LogP contribution in [0.4, 0.5) is 5.69 Å². The molecule has 0 aliphatic carbocycles. The molecule has 0 unspecified atom stereocenters. The Balaban J connectivity index is 2.32. The van der Waals surface area contributed by atoms with E-state index in [4.69, 9.17) is 16.2 Å². The van der Waals surface area contributed by atoms with Gasteiger partial charge in [0.05, 0.1) is 16.4 Å². The number of benzene rings is 2. The lowest BCUT2D eigenvalue weighted by molar-refractivity contribution is -0.130. The minimum absolute atomic E-state index is 0.128. The predicted octanol–water partition coefficient (Wildman–Crippen LogP) is 1.92. The number of fused-ring (bicyclic) bond motifs is 2. The monoisotopic (exact) mass is 325 g/mol. The Morgan fingerprint density at radius 2 is 1.83 bits per heavy atom. The fourth-order valence-corrected chi connectivity index (χ4v) is 2.76. The number of nitrogens with two attached hydrogens (primary N) is 2. The van der Waals surface area contributed by atoms with E-state index in [1.165, 1.54) is 0 Å². The van der Waals surface area contributed by atoms with Gasteiger partial charge in [0.25, 0.3) is 5.91 Å². The third-order valence-electron chi connectivity index (χ3n) is 4.19. The lowest BCUT2D eigenvalue weighted by Crippen LogP contribution is -2.43. The number of nitrogens with zero attached hydrogens (tertiary/aromatic N) is 1. The highest BCUT2D eigenvalue weighted by atomic mass is 16.5. The molecule has 4 N–H and O–H groups in total. The summed E-state index contributed by atoms with van der Waals surface area (Å²) >= 11 is 0. The number of aromatic nitrogens is 1. The van der Waals surface area contributed by atoms with E-state index >= 15 is 0 Å². The van der Waals surface area contributed by atoms with Crippen LogP contribution in [0.15, 0.2) is 41.2 Å². The van der Waals surface area contributed by atoms with Gasteiger partial charge in [-0.15, -0.1) is 0 Å². The molecule has 0 aliphatic rings. The molecule has 6 heteroatoms. The molecule has 1 heterocycles. The minimum atomic E-state index is -1.18. The van der Waals surface area contributed by atoms with Crippen molar-refractivity contribution >= 4 is 33.4 Å². The number of para-hydroxylation sites is 1. The van der Waals surface area contributed by atoms with E-state index in [0.717, 1.165) is 5.52 Å². The first-order valence-corrected chi connectivity index (χ1v) is 7.52. The summed E-state index contributed by atoms with van der Waals surface area (Å²) in [5, 5.41) is 1.03. The molecular weight excluding hydrogens is 306 g/mol. The average molecular weight is 325 g/mol. The van der Waals surface area contributed by atoms with Gasteiger partial charge in [0.2, 0.25) is 0 Å². The molecule has 3 rings (SSSR count). The second-order valence-corrected chi connectivity index (χ2v) is 6.29. The summed E-state index contributed by atoms with van der Waals surface area (Å²) in [5.74, 6) is -0.206. The molecular formula is C18H19N3O3. The van der Waals surface area contributed by atoms with Crippen molar-refractivity contribution in [3.8, 4) is 5.75 Å². The van der Waals surface area contributed by atoms with Crippen molar-refractivity contribution in [3.63, 3.8) is 0 Å². The summed E-state index contributed by atoms with van der Waals surface area (Å²) < 4.78 is 7.57. The first-order chi connectivity index (χ1) is 11.2. The standard InChI is InChI=1S/C18H19N3O3/c1-18(2,17(20)23)24-10-8-12(19)15-14(9-10)21(3)13-7-5-4-6-11(13)16(15)22/h4-9H,19H2,1-3H3,(H2,20,23). The molecule has 0 saturated carbocycles. The summed E-state index contributed by atoms with van der Waals surface area (Å²) in [6.07, 6.45) is 0. The van der Waals surface area contributed by atoms with E-state index in [9.17, 15) is 9.59 Å². The van der Waals surface area contributed by atoms with Crippen molar-refractivity contribution < 1.29 is 9.53 Å². The largest absolute Gasteiger partial charge is 0.478 e. The van der Waals surface area contributed by atoms with Crippen LogP contribution in [0.2, 0.25) is 0 Å². The highest BCUT2D eigenvalue weighted by Gasteiger charge is 2.27. The zero-order valence-electron chi connectivity index (χ0n) is 13.8. The van der Waals surface area contributed by atoms with Crippen LogP contribution >= 0.6 is 0 Å². The normalized spacial score (nSPS) is 11.8. The smallest absolute Gasteiger partial charge is 0.261 e. The van der Waals surface area contributed by atoms with Gasteiger partial charge in [-0.25, -0.2) is 0 Å². The molecule has 0 radical (unpaired) electrons. The Labute approximate surface area is 138 Å². The molecule has 0 bridgehead atoms. The molecule has 0 fully saturated rings. The van der Waals surface area contributed by atoms with Crippen LogP contribution in [0.5, 0.6) is 5.75 Å². The summed E-state index contributed by atoms with van der Waals surface area (Å²) in [6, 6.07) is 10.6. The molecule has 0 spiro atoms. The van der Waals surface area contributed by atoms with Crippen molar-refractivity contribution in [2.75, 3.05) is 5.73 Å². The van der Waals surface area contributed by atoms with Gasteiger partial charge in [-0.2, -0.15) is 0 Å². The molecule has 1 amide bonds. The van der Waals surface area contributed by atoms with E-state index in [2.05, 4.69) is 0 Å². The van der Waals surface area contributed by atoms with Gasteiger partial charge in [-0.05, 0) is 26.0 Å². The SMILES string of the molecule is Cn1c2ccccc2c(=O)c2c(N)cc(OC(C)(C)C(N)=O)cc21. The Kier molecular flexibility index (Phi) is 3.48. The molecule has 1 aromatic heterocycles. The molecule has 0 saturated heterocycles. The van der Waals surface area contributed by atoms with E-state index in [1.54, 1.807) is 32.0 Å². The molecule has 2 aromatic carbocycles. The van der Waals surface area contributed by atoms with E-state index in [1.807, 2.05) is 29.8 Å². The highest BCUT2D eigenvalue weighted by Crippen LogP contribution is 2.29. The molecule has 3 aromatic rings. The van der Waals surface area contributed by atoms with Crippen LogP contribution in [-0.2, 0) is 11.8 Å². The zero-order valence-corrected chi connectivity index (χ0v) is 13.8. The van der Waals surface area contributed by atoms with E-state index in [-0.39, 0.29) is 5.43 Å². The van der Waals surface area contributed by atoms with Crippen LogP contribution in [-0.4, -0.2) is 16.1 Å². The number of hydrogen-bond donors (Lipinski definition) is 2. The number of ether oxygens (including phenoxy) is 1. The van der Waals surface area contributed by atoms with Crippen molar-refractivity contribution in [2.24, 2.45) is 12.8 Å². The van der Waals surface area contributed by atoms with Gasteiger partial charge < -0.3 is 20.8 Å². The van der Waals surface area contributed by atoms with Gasteiger partial charge in [0.15, 0.2) is 11.0 Å². The van der Waals surface area contributed by atoms with E-state index < -0.39 is 11.5 Å². The van der Waals surface area contributed by atoms with Crippen molar-refractivity contribution in [1.29, 1.82) is 0 Å². The summed E-state index contributed by atoms with van der Waals surface area (Å²) in [7, 11) is 1.85. The number of nitrogen functional groups attached to an aromatic ring is 1. The molecule has 24 heavy (non-hydrogen) atoms. The van der Waals surface area contributed by atoms with Crippen LogP contribution in [0, 0.1) is 0 Å². The van der Waals surface area contributed by atoms with E-state index in [0.29, 0.717) is 27.7 Å². The maximum atomic E-state index is 12.8. The number of anilines is 1. The Hall–Kier alpha value is -3.02. The third-order valence-corrected chi connectivity index (χ3v) is 4.19. The number of hydrogen-bond acceptors (Lipinski definition) is 4. The van der Waals surface area contributed by atoms with Crippen molar-refractivity contribution in [1.82, 2.24) is 4.57 Å². The number of amides is 1. The predicted molar refractivity (Wildman–Crippen MR) is 95.0 cm³/mol. The maximum Gasteiger partial charge on any atom is 0.261 e. The van der Waals surface area contributed by atoms with Crippen LogP contribution < -0.4 is 21.6 Å². The van der Waals surface area contributed by atoms with Crippen LogP contribution in [0.1, 0.15) is 13.8 Å². The van der Waals surface area contributed by atoms with Crippen LogP contribution in [0.3, 0.4) is 0 Å². The Morgan fingerprint density at radius 3 is 2.50 bits per heavy atom. The number of primary amides is 1. The second kappa shape index (κ2) is 5.26. The summed E-state index contributed by atoms with van der Waals surface area (Å²) in [4.78, 5) is 24.2. The number of aryl methyl sites for hydroxylation is 1. The molecule has 0 aliphatic heterocycles. The topological polar surface area (TPSA) is 100 Å². The molecule has 124 valence electrons. The fraction of sp³-hybridized carbons (Fsp3) is 0.222. The fourth-order valence-electron chi connectivity index (χ4n) is 2.76. The minimum Gasteiger partial charge on any atom is -0.478 e. The van der Waals surface area contributed by atoms with Gasteiger partial charge in [0, 0.05) is 30.3 Å². The first kappa shape index (κ1) is 15.9. The van der Waals surface area contributed by atoms with Gasteiger partial charge in [0.1, 0.15) is 5.75 Å². The Morgan fingerprint density at radius 1 is 1.17 bits per heavy atom. The number of pyridine rings is 1. The second-order valence-electron chi connectivity index (χ2n) is 6.29. The van der Waals surface area contributed by atoms with Crippen LogP contribution in [0.25, 0.3) is 21.8 Å². The molecule has 0 atom stereocenters. The van der Waals surface area contributed by atoms with Crippen molar-refractivity contribution in [3.05, 3.63) is 46.6 Å². The quantitative estimate of drug-likeness (QED) is 0.567. The zero-order chi connectivity index (χ0) is 17.6. The maximum absolute atomic E-state index is 12.8. The Bertz CT molecular complexity index is 1040. The van der Waals surface area contributed by atoms with Gasteiger partial charge >= 0.3 is 0 Å².